The largest absolute Gasteiger partial charge is 0.381 e. The first-order valence-electron chi connectivity index (χ1n) is 8.87. The summed E-state index contributed by atoms with van der Waals surface area (Å²) in [4.78, 5) is 12.5. The molecule has 6 nitrogen and oxygen atoms in total. The summed E-state index contributed by atoms with van der Waals surface area (Å²) in [6, 6.07) is 11.8. The highest BCUT2D eigenvalue weighted by Gasteiger charge is 2.23. The molecule has 1 fully saturated rings. The van der Waals surface area contributed by atoms with Gasteiger partial charge in [0.1, 0.15) is 5.82 Å². The highest BCUT2D eigenvalue weighted by Crippen LogP contribution is 2.26. The first-order chi connectivity index (χ1) is 12.1. The minimum atomic E-state index is -0.213. The van der Waals surface area contributed by atoms with Crippen LogP contribution in [0.3, 0.4) is 0 Å². The van der Waals surface area contributed by atoms with Gasteiger partial charge < -0.3 is 10.1 Å². The van der Waals surface area contributed by atoms with Gasteiger partial charge in [-0.25, -0.2) is 9.48 Å². The SMILES string of the molecule is CC(C)n1nccc1NC(=O)N[C@@H](C[C@@H]1CCOC1)c1ccccc1. The van der Waals surface area contributed by atoms with Gasteiger partial charge >= 0.3 is 6.03 Å². The Hall–Kier alpha value is -2.34. The third kappa shape index (κ3) is 4.60. The number of hydrogen-bond donors (Lipinski definition) is 2. The van der Waals surface area contributed by atoms with Crippen LogP contribution < -0.4 is 10.6 Å². The maximum atomic E-state index is 12.5. The van der Waals surface area contributed by atoms with Gasteiger partial charge in [-0.05, 0) is 38.2 Å². The summed E-state index contributed by atoms with van der Waals surface area (Å²) in [5.74, 6) is 1.18. The number of carbonyl (C=O) groups excluding carboxylic acids is 1. The molecule has 0 bridgehead atoms. The molecular formula is C19H26N4O2. The molecular weight excluding hydrogens is 316 g/mol. The molecule has 1 aliphatic rings. The van der Waals surface area contributed by atoms with Crippen molar-refractivity contribution in [1.82, 2.24) is 15.1 Å². The van der Waals surface area contributed by atoms with Crippen LogP contribution in [0, 0.1) is 5.92 Å². The Morgan fingerprint density at radius 2 is 2.12 bits per heavy atom. The fraction of sp³-hybridized carbons (Fsp3) is 0.474. The van der Waals surface area contributed by atoms with E-state index in [-0.39, 0.29) is 18.1 Å². The molecule has 1 aromatic heterocycles. The number of amides is 2. The van der Waals surface area contributed by atoms with E-state index in [0.29, 0.717) is 11.7 Å². The number of ether oxygens (including phenoxy) is 1. The number of aromatic nitrogens is 2. The molecule has 2 amide bonds. The maximum absolute atomic E-state index is 12.5. The summed E-state index contributed by atoms with van der Waals surface area (Å²) in [5.41, 5.74) is 1.11. The van der Waals surface area contributed by atoms with Crippen molar-refractivity contribution in [3.05, 3.63) is 48.2 Å². The van der Waals surface area contributed by atoms with Crippen molar-refractivity contribution in [2.75, 3.05) is 18.5 Å². The van der Waals surface area contributed by atoms with Crippen LogP contribution in [-0.4, -0.2) is 29.0 Å². The van der Waals surface area contributed by atoms with E-state index in [1.54, 1.807) is 10.9 Å². The molecule has 2 aromatic rings. The minimum Gasteiger partial charge on any atom is -0.381 e. The standard InChI is InChI=1S/C19H26N4O2/c1-14(2)23-18(8-10-20-23)22-19(24)21-17(12-15-9-11-25-13-15)16-6-4-3-5-7-16/h3-8,10,14-15,17H,9,11-13H2,1-2H3,(H2,21,22,24)/t15-,17-/m0/s1. The number of urea groups is 1. The predicted molar refractivity (Wildman–Crippen MR) is 97.5 cm³/mol. The summed E-state index contributed by atoms with van der Waals surface area (Å²) in [7, 11) is 0. The molecule has 2 atom stereocenters. The predicted octanol–water partition coefficient (Wildman–Crippen LogP) is 3.75. The van der Waals surface area contributed by atoms with Gasteiger partial charge in [0.25, 0.3) is 0 Å². The van der Waals surface area contributed by atoms with Crippen LogP contribution in [0.1, 0.15) is 44.3 Å². The van der Waals surface area contributed by atoms with Gasteiger partial charge in [-0.15, -0.1) is 0 Å². The summed E-state index contributed by atoms with van der Waals surface area (Å²) in [6.07, 6.45) is 3.62. The normalized spacial score (nSPS) is 18.3. The molecule has 1 aromatic carbocycles. The Kier molecular flexibility index (Phi) is 5.71. The quantitative estimate of drug-likeness (QED) is 0.840. The van der Waals surface area contributed by atoms with Crippen LogP contribution in [0.2, 0.25) is 0 Å². The zero-order valence-corrected chi connectivity index (χ0v) is 14.8. The second-order valence-corrected chi connectivity index (χ2v) is 6.78. The lowest BCUT2D eigenvalue weighted by molar-refractivity contribution is 0.181. The Labute approximate surface area is 148 Å². The maximum Gasteiger partial charge on any atom is 0.320 e. The van der Waals surface area contributed by atoms with Crippen LogP contribution >= 0.6 is 0 Å². The summed E-state index contributed by atoms with van der Waals surface area (Å²) in [5, 5.41) is 10.3. The number of anilines is 1. The van der Waals surface area contributed by atoms with Crippen molar-refractivity contribution in [3.63, 3.8) is 0 Å². The van der Waals surface area contributed by atoms with E-state index in [1.807, 2.05) is 38.1 Å². The van der Waals surface area contributed by atoms with Crippen molar-refractivity contribution < 1.29 is 9.53 Å². The van der Waals surface area contributed by atoms with Crippen LogP contribution in [-0.2, 0) is 4.74 Å². The van der Waals surface area contributed by atoms with Crippen molar-refractivity contribution in [2.24, 2.45) is 5.92 Å². The molecule has 0 spiro atoms. The zero-order valence-electron chi connectivity index (χ0n) is 14.8. The van der Waals surface area contributed by atoms with Crippen molar-refractivity contribution in [2.45, 2.75) is 38.8 Å². The second kappa shape index (κ2) is 8.16. The Balaban J connectivity index is 1.68. The van der Waals surface area contributed by atoms with Crippen molar-refractivity contribution >= 4 is 11.8 Å². The first kappa shape index (κ1) is 17.5. The van der Waals surface area contributed by atoms with E-state index < -0.39 is 0 Å². The van der Waals surface area contributed by atoms with Crippen LogP contribution in [0.5, 0.6) is 0 Å². The molecule has 25 heavy (non-hydrogen) atoms. The fourth-order valence-corrected chi connectivity index (χ4v) is 3.20. The van der Waals surface area contributed by atoms with Gasteiger partial charge in [-0.3, -0.25) is 5.32 Å². The Morgan fingerprint density at radius 1 is 1.32 bits per heavy atom. The van der Waals surface area contributed by atoms with Crippen LogP contribution in [0.25, 0.3) is 0 Å². The molecule has 1 saturated heterocycles. The number of rotatable bonds is 6. The Bertz CT molecular complexity index is 678. The van der Waals surface area contributed by atoms with E-state index in [9.17, 15) is 4.79 Å². The smallest absolute Gasteiger partial charge is 0.320 e. The van der Waals surface area contributed by atoms with Crippen molar-refractivity contribution in [1.29, 1.82) is 0 Å². The fourth-order valence-electron chi connectivity index (χ4n) is 3.20. The van der Waals surface area contributed by atoms with E-state index in [0.717, 1.165) is 31.6 Å². The van der Waals surface area contributed by atoms with Crippen LogP contribution in [0.15, 0.2) is 42.6 Å². The van der Waals surface area contributed by atoms with E-state index in [1.165, 1.54) is 0 Å². The van der Waals surface area contributed by atoms with E-state index in [2.05, 4.69) is 27.9 Å². The van der Waals surface area contributed by atoms with E-state index in [4.69, 9.17) is 4.74 Å². The molecule has 134 valence electrons. The third-order valence-electron chi connectivity index (χ3n) is 4.50. The van der Waals surface area contributed by atoms with Gasteiger partial charge in [0, 0.05) is 25.3 Å². The topological polar surface area (TPSA) is 68.2 Å². The molecule has 0 unspecified atom stereocenters. The molecule has 2 N–H and O–H groups in total. The highest BCUT2D eigenvalue weighted by molar-refractivity contribution is 5.88. The zero-order chi connectivity index (χ0) is 17.6. The Morgan fingerprint density at radius 3 is 2.80 bits per heavy atom. The summed E-state index contributed by atoms with van der Waals surface area (Å²) in [6.45, 7) is 5.64. The number of nitrogens with zero attached hydrogens (tertiary/aromatic N) is 2. The first-order valence-corrected chi connectivity index (χ1v) is 8.87. The summed E-state index contributed by atoms with van der Waals surface area (Å²) >= 11 is 0. The van der Waals surface area contributed by atoms with Gasteiger partial charge in [0.2, 0.25) is 0 Å². The summed E-state index contributed by atoms with van der Waals surface area (Å²) < 4.78 is 7.28. The molecule has 2 heterocycles. The molecule has 0 aliphatic carbocycles. The molecule has 0 radical (unpaired) electrons. The van der Waals surface area contributed by atoms with Gasteiger partial charge in [0.05, 0.1) is 12.2 Å². The molecule has 6 heteroatoms. The second-order valence-electron chi connectivity index (χ2n) is 6.78. The lowest BCUT2D eigenvalue weighted by atomic mass is 9.94. The molecule has 3 rings (SSSR count). The lowest BCUT2D eigenvalue weighted by Gasteiger charge is -2.22. The molecule has 1 aliphatic heterocycles. The van der Waals surface area contributed by atoms with Crippen LogP contribution in [0.4, 0.5) is 10.6 Å². The average molecular weight is 342 g/mol. The minimum absolute atomic E-state index is 0.0386. The monoisotopic (exact) mass is 342 g/mol. The van der Waals surface area contributed by atoms with Crippen molar-refractivity contribution in [3.8, 4) is 0 Å². The number of benzene rings is 1. The average Bonchev–Trinajstić information content (AvgIpc) is 3.27. The third-order valence-corrected chi connectivity index (χ3v) is 4.50. The molecule has 0 saturated carbocycles. The number of hydrogen-bond acceptors (Lipinski definition) is 3. The van der Waals surface area contributed by atoms with Gasteiger partial charge in [0.15, 0.2) is 0 Å². The van der Waals surface area contributed by atoms with E-state index >= 15 is 0 Å². The number of nitrogens with one attached hydrogen (secondary N) is 2. The van der Waals surface area contributed by atoms with Gasteiger partial charge in [-0.1, -0.05) is 30.3 Å². The lowest BCUT2D eigenvalue weighted by Crippen LogP contribution is -2.34. The highest BCUT2D eigenvalue weighted by atomic mass is 16.5. The number of carbonyl (C=O) groups is 1. The van der Waals surface area contributed by atoms with Gasteiger partial charge in [-0.2, -0.15) is 5.10 Å².